The maximum absolute atomic E-state index is 11.3. The van der Waals surface area contributed by atoms with Gasteiger partial charge in [-0.05, 0) is 26.3 Å². The topological polar surface area (TPSA) is 61.6 Å². The van der Waals surface area contributed by atoms with Crippen LogP contribution >= 0.6 is 0 Å². The summed E-state index contributed by atoms with van der Waals surface area (Å²) >= 11 is 0. The predicted molar refractivity (Wildman–Crippen MR) is 81.3 cm³/mol. The average molecular weight is 281 g/mol. The lowest BCUT2D eigenvalue weighted by atomic mass is 10.1. The summed E-state index contributed by atoms with van der Waals surface area (Å²) in [5.74, 6) is -0.411. The van der Waals surface area contributed by atoms with Gasteiger partial charge in [-0.3, -0.25) is 4.79 Å². The molecule has 1 aromatic carbocycles. The van der Waals surface area contributed by atoms with Gasteiger partial charge >= 0.3 is 5.97 Å². The van der Waals surface area contributed by atoms with Gasteiger partial charge in [-0.25, -0.2) is 0 Å². The summed E-state index contributed by atoms with van der Waals surface area (Å²) in [4.78, 5) is 11.3. The molecule has 1 rings (SSSR count). The van der Waals surface area contributed by atoms with Gasteiger partial charge in [0.25, 0.3) is 0 Å². The van der Waals surface area contributed by atoms with E-state index in [9.17, 15) is 4.79 Å². The first kappa shape index (κ1) is 18.6. The van der Waals surface area contributed by atoms with Gasteiger partial charge in [0.15, 0.2) is 0 Å². The van der Waals surface area contributed by atoms with Crippen molar-refractivity contribution >= 4 is 5.97 Å². The maximum atomic E-state index is 11.3. The first-order valence-electron chi connectivity index (χ1n) is 7.01. The molecule has 0 fully saturated rings. The smallest absolute Gasteiger partial charge is 0.322 e. The fourth-order valence-corrected chi connectivity index (χ4v) is 1.27. The SMILES string of the molecule is CC.CC(N)C(=O)OCC(C)(C)OCc1ccccc1. The Bertz CT molecular complexity index is 375. The fourth-order valence-electron chi connectivity index (χ4n) is 1.27. The molecular weight excluding hydrogens is 254 g/mol. The number of nitrogens with two attached hydrogens (primary N) is 1. The monoisotopic (exact) mass is 281 g/mol. The van der Waals surface area contributed by atoms with E-state index in [0.29, 0.717) is 6.61 Å². The summed E-state index contributed by atoms with van der Waals surface area (Å²) in [5, 5.41) is 0. The van der Waals surface area contributed by atoms with Crippen molar-refractivity contribution < 1.29 is 14.3 Å². The van der Waals surface area contributed by atoms with Crippen LogP contribution in [0.1, 0.15) is 40.2 Å². The van der Waals surface area contributed by atoms with E-state index in [1.54, 1.807) is 6.92 Å². The van der Waals surface area contributed by atoms with Gasteiger partial charge in [0.2, 0.25) is 0 Å². The Kier molecular flexibility index (Phi) is 8.84. The van der Waals surface area contributed by atoms with Gasteiger partial charge in [-0.15, -0.1) is 0 Å². The highest BCUT2D eigenvalue weighted by Crippen LogP contribution is 2.13. The first-order valence-corrected chi connectivity index (χ1v) is 7.01. The van der Waals surface area contributed by atoms with Crippen LogP contribution in [0.3, 0.4) is 0 Å². The molecule has 4 heteroatoms. The van der Waals surface area contributed by atoms with Crippen LogP contribution in [-0.2, 0) is 20.9 Å². The molecule has 0 aliphatic rings. The van der Waals surface area contributed by atoms with Crippen molar-refractivity contribution in [3.8, 4) is 0 Å². The molecule has 20 heavy (non-hydrogen) atoms. The zero-order chi connectivity index (χ0) is 15.6. The number of hydrogen-bond donors (Lipinski definition) is 1. The van der Waals surface area contributed by atoms with Crippen LogP contribution in [-0.4, -0.2) is 24.2 Å². The number of carbonyl (C=O) groups excluding carboxylic acids is 1. The summed E-state index contributed by atoms with van der Waals surface area (Å²) in [7, 11) is 0. The lowest BCUT2D eigenvalue weighted by Crippen LogP contribution is -2.36. The molecule has 1 atom stereocenters. The molecule has 0 aliphatic heterocycles. The van der Waals surface area contributed by atoms with Gasteiger partial charge in [0.1, 0.15) is 12.6 Å². The molecule has 4 nitrogen and oxygen atoms in total. The predicted octanol–water partition coefficient (Wildman–Crippen LogP) is 2.90. The van der Waals surface area contributed by atoms with Gasteiger partial charge in [0.05, 0.1) is 12.2 Å². The van der Waals surface area contributed by atoms with Crippen LogP contribution in [0.4, 0.5) is 0 Å². The molecule has 0 radical (unpaired) electrons. The van der Waals surface area contributed by atoms with E-state index in [2.05, 4.69) is 0 Å². The molecule has 0 aliphatic carbocycles. The third-order valence-corrected chi connectivity index (χ3v) is 2.41. The van der Waals surface area contributed by atoms with Crippen molar-refractivity contribution in [2.75, 3.05) is 6.61 Å². The van der Waals surface area contributed by atoms with Gasteiger partial charge in [-0.1, -0.05) is 44.2 Å². The van der Waals surface area contributed by atoms with Crippen LogP contribution in [0.2, 0.25) is 0 Å². The van der Waals surface area contributed by atoms with Gasteiger partial charge in [0, 0.05) is 0 Å². The molecule has 0 bridgehead atoms. The Labute approximate surface area is 122 Å². The van der Waals surface area contributed by atoms with E-state index in [-0.39, 0.29) is 6.61 Å². The second-order valence-electron chi connectivity index (χ2n) is 4.93. The minimum atomic E-state index is -0.602. The van der Waals surface area contributed by atoms with Crippen molar-refractivity contribution in [3.63, 3.8) is 0 Å². The van der Waals surface area contributed by atoms with Crippen LogP contribution in [0, 0.1) is 0 Å². The number of carbonyl (C=O) groups is 1. The molecule has 0 heterocycles. The van der Waals surface area contributed by atoms with E-state index in [0.717, 1.165) is 5.56 Å². The number of hydrogen-bond acceptors (Lipinski definition) is 4. The zero-order valence-electron chi connectivity index (χ0n) is 13.2. The van der Waals surface area contributed by atoms with Crippen molar-refractivity contribution in [1.29, 1.82) is 0 Å². The Morgan fingerprint density at radius 3 is 2.30 bits per heavy atom. The quantitative estimate of drug-likeness (QED) is 0.814. The lowest BCUT2D eigenvalue weighted by molar-refractivity contribution is -0.155. The van der Waals surface area contributed by atoms with Crippen molar-refractivity contribution in [2.24, 2.45) is 5.73 Å². The molecule has 0 aromatic heterocycles. The molecule has 0 saturated heterocycles. The lowest BCUT2D eigenvalue weighted by Gasteiger charge is -2.25. The summed E-state index contributed by atoms with van der Waals surface area (Å²) in [6.07, 6.45) is 0. The zero-order valence-corrected chi connectivity index (χ0v) is 13.2. The normalized spacial score (nSPS) is 12.1. The van der Waals surface area contributed by atoms with Crippen LogP contribution in [0.5, 0.6) is 0 Å². The van der Waals surface area contributed by atoms with Crippen LogP contribution in [0.15, 0.2) is 30.3 Å². The highest BCUT2D eigenvalue weighted by molar-refractivity contribution is 5.74. The molecule has 1 unspecified atom stereocenters. The van der Waals surface area contributed by atoms with Crippen molar-refractivity contribution in [3.05, 3.63) is 35.9 Å². The Morgan fingerprint density at radius 1 is 1.25 bits per heavy atom. The van der Waals surface area contributed by atoms with Gasteiger partial charge in [-0.2, -0.15) is 0 Å². The summed E-state index contributed by atoms with van der Waals surface area (Å²) in [5.41, 5.74) is 5.97. The second-order valence-corrected chi connectivity index (χ2v) is 4.93. The first-order chi connectivity index (χ1) is 9.41. The highest BCUT2D eigenvalue weighted by atomic mass is 16.6. The highest BCUT2D eigenvalue weighted by Gasteiger charge is 2.22. The van der Waals surface area contributed by atoms with E-state index < -0.39 is 17.6 Å². The third-order valence-electron chi connectivity index (χ3n) is 2.41. The third kappa shape index (κ3) is 7.92. The Morgan fingerprint density at radius 2 is 1.80 bits per heavy atom. The standard InChI is InChI=1S/C14H21NO3.C2H6/c1-11(15)13(16)17-10-14(2,3)18-9-12-7-5-4-6-8-12;1-2/h4-8,11H,9-10,15H2,1-3H3;1-2H3. The molecule has 0 spiro atoms. The molecule has 2 N–H and O–H groups in total. The number of ether oxygens (including phenoxy) is 2. The Hall–Kier alpha value is -1.39. The van der Waals surface area contributed by atoms with E-state index in [4.69, 9.17) is 15.2 Å². The second kappa shape index (κ2) is 9.50. The Balaban J connectivity index is 0.00000172. The summed E-state index contributed by atoms with van der Waals surface area (Å²) in [6, 6.07) is 9.26. The van der Waals surface area contributed by atoms with Crippen molar-refractivity contribution in [2.45, 2.75) is 52.9 Å². The van der Waals surface area contributed by atoms with Crippen molar-refractivity contribution in [1.82, 2.24) is 0 Å². The average Bonchev–Trinajstić information content (AvgIpc) is 2.46. The molecule has 114 valence electrons. The molecule has 0 amide bonds. The largest absolute Gasteiger partial charge is 0.461 e. The minimum absolute atomic E-state index is 0.195. The summed E-state index contributed by atoms with van der Waals surface area (Å²) in [6.45, 7) is 10.0. The minimum Gasteiger partial charge on any atom is -0.461 e. The van der Waals surface area contributed by atoms with E-state index >= 15 is 0 Å². The van der Waals surface area contributed by atoms with E-state index in [1.807, 2.05) is 58.0 Å². The fraction of sp³-hybridized carbons (Fsp3) is 0.562. The van der Waals surface area contributed by atoms with Crippen LogP contribution < -0.4 is 5.73 Å². The van der Waals surface area contributed by atoms with E-state index in [1.165, 1.54) is 0 Å². The summed E-state index contributed by atoms with van der Waals surface area (Å²) < 4.78 is 10.8. The molecule has 1 aromatic rings. The molecular formula is C16H27NO3. The number of benzene rings is 1. The maximum Gasteiger partial charge on any atom is 0.322 e. The number of esters is 1. The van der Waals surface area contributed by atoms with Gasteiger partial charge < -0.3 is 15.2 Å². The number of rotatable bonds is 6. The molecule has 0 saturated carbocycles. The van der Waals surface area contributed by atoms with Crippen LogP contribution in [0.25, 0.3) is 0 Å².